The molecule has 2 N–H and O–H groups in total. The number of hydrogen-bond acceptors (Lipinski definition) is 8. The third-order valence-corrected chi connectivity index (χ3v) is 7.33. The van der Waals surface area contributed by atoms with Crippen LogP contribution in [0.25, 0.3) is 0 Å². The number of nitrogens with one attached hydrogen (secondary N) is 2. The maximum atomic E-state index is 13.9. The first-order valence-corrected chi connectivity index (χ1v) is 13.3. The van der Waals surface area contributed by atoms with Crippen LogP contribution in [0.1, 0.15) is 50.2 Å². The second-order valence-electron chi connectivity index (χ2n) is 9.94. The lowest BCUT2D eigenvalue weighted by molar-refractivity contribution is -0.143. The summed E-state index contributed by atoms with van der Waals surface area (Å²) in [6, 6.07) is 3.52. The van der Waals surface area contributed by atoms with Crippen LogP contribution in [0, 0.1) is 0 Å². The van der Waals surface area contributed by atoms with Crippen molar-refractivity contribution in [1.29, 1.82) is 0 Å². The molecule has 0 bridgehead atoms. The molecule has 0 radical (unpaired) electrons. The van der Waals surface area contributed by atoms with E-state index in [4.69, 9.17) is 9.47 Å². The molecule has 3 saturated heterocycles. The molecular weight excluding hydrogens is 513 g/mol. The third-order valence-electron chi connectivity index (χ3n) is 7.33. The minimum atomic E-state index is -4.63. The van der Waals surface area contributed by atoms with E-state index in [1.165, 1.54) is 6.08 Å². The number of anilines is 3. The van der Waals surface area contributed by atoms with Crippen molar-refractivity contribution in [2.45, 2.75) is 38.0 Å². The number of ether oxygens (including phenoxy) is 2. The van der Waals surface area contributed by atoms with Gasteiger partial charge in [-0.05, 0) is 38.0 Å². The minimum Gasteiger partial charge on any atom is -0.481 e. The molecule has 6 rings (SSSR count). The number of halogens is 3. The van der Waals surface area contributed by atoms with Crippen LogP contribution in [0.4, 0.5) is 30.4 Å². The second kappa shape index (κ2) is 11.4. The summed E-state index contributed by atoms with van der Waals surface area (Å²) in [4.78, 5) is 23.2. The molecule has 2 aromatic heterocycles. The van der Waals surface area contributed by atoms with E-state index in [0.29, 0.717) is 50.9 Å². The molecule has 39 heavy (non-hydrogen) atoms. The molecule has 0 unspecified atom stereocenters. The van der Waals surface area contributed by atoms with Crippen molar-refractivity contribution in [2.24, 2.45) is 0 Å². The minimum absolute atomic E-state index is 0. The smallest absolute Gasteiger partial charge is 0.437 e. The third kappa shape index (κ3) is 5.81. The van der Waals surface area contributed by atoms with Gasteiger partial charge in [-0.25, -0.2) is 9.97 Å². The van der Waals surface area contributed by atoms with Gasteiger partial charge >= 0.3 is 6.18 Å². The summed E-state index contributed by atoms with van der Waals surface area (Å²) in [6.45, 7) is 10.8. The van der Waals surface area contributed by atoms with Crippen LogP contribution >= 0.6 is 0 Å². The number of morpholine rings is 1. The highest BCUT2D eigenvalue weighted by Gasteiger charge is 2.41. The fourth-order valence-electron chi connectivity index (χ4n) is 5.14. The summed E-state index contributed by atoms with van der Waals surface area (Å²) in [5, 5.41) is 6.19. The maximum Gasteiger partial charge on any atom is 0.437 e. The summed E-state index contributed by atoms with van der Waals surface area (Å²) in [5.74, 6) is 0.248. The Bertz CT molecular complexity index is 1210. The summed E-state index contributed by atoms with van der Waals surface area (Å²) in [6.07, 6.45) is 0.0799. The van der Waals surface area contributed by atoms with Gasteiger partial charge in [-0.15, -0.1) is 0 Å². The van der Waals surface area contributed by atoms with Gasteiger partial charge in [0.1, 0.15) is 11.9 Å². The van der Waals surface area contributed by atoms with Gasteiger partial charge in [0.2, 0.25) is 5.91 Å². The lowest BCUT2D eigenvalue weighted by Crippen LogP contribution is -2.40. The van der Waals surface area contributed by atoms with Gasteiger partial charge < -0.3 is 29.9 Å². The van der Waals surface area contributed by atoms with Crippen molar-refractivity contribution in [2.75, 3.05) is 62.7 Å². The van der Waals surface area contributed by atoms with Crippen molar-refractivity contribution in [3.8, 4) is 5.75 Å². The van der Waals surface area contributed by atoms with Crippen LogP contribution in [-0.4, -0.2) is 73.3 Å². The summed E-state index contributed by atoms with van der Waals surface area (Å²) >= 11 is 0. The molecular formula is C27H35F3N6O3. The quantitative estimate of drug-likeness (QED) is 0.550. The number of nitrogens with zero attached hydrogens (tertiary/aromatic N) is 4. The van der Waals surface area contributed by atoms with Crippen LogP contribution < -0.4 is 20.3 Å². The van der Waals surface area contributed by atoms with Gasteiger partial charge in [-0.2, -0.15) is 13.2 Å². The van der Waals surface area contributed by atoms with Gasteiger partial charge in [0.15, 0.2) is 11.4 Å². The maximum absolute atomic E-state index is 13.9. The Morgan fingerprint density at radius 1 is 1.21 bits per heavy atom. The van der Waals surface area contributed by atoms with E-state index in [1.54, 1.807) is 19.2 Å². The molecule has 3 fully saturated rings. The SMILES string of the molecule is C=CC(=O)N1CCCC1.C[C@H]1Oc2c(cc(C3CNC3)nc2C(F)(F)F)Nc2nccc(N3CCOCC3)c21.[HH]. The van der Waals surface area contributed by atoms with E-state index in [-0.39, 0.29) is 24.7 Å². The molecule has 1 amide bonds. The molecule has 4 aliphatic heterocycles. The zero-order chi connectivity index (χ0) is 27.6. The summed E-state index contributed by atoms with van der Waals surface area (Å²) in [5.41, 5.74) is 1.27. The number of pyridine rings is 2. The fraction of sp³-hybridized carbons (Fsp3) is 0.519. The highest BCUT2D eigenvalue weighted by molar-refractivity contribution is 5.87. The fourth-order valence-corrected chi connectivity index (χ4v) is 5.14. The predicted molar refractivity (Wildman–Crippen MR) is 143 cm³/mol. The number of likely N-dealkylation sites (tertiary alicyclic amines) is 1. The molecule has 212 valence electrons. The van der Waals surface area contributed by atoms with Crippen LogP contribution in [0.15, 0.2) is 31.0 Å². The Labute approximate surface area is 226 Å². The summed E-state index contributed by atoms with van der Waals surface area (Å²) in [7, 11) is 0. The highest BCUT2D eigenvalue weighted by Crippen LogP contribution is 2.47. The molecule has 9 nitrogen and oxygen atoms in total. The molecule has 1 atom stereocenters. The standard InChI is InChI=1S/C20H22F3N5O2.C7H11NO.H2/c1-11-16-15(28-4-6-29-7-5-28)2-3-25-19(16)27-14-8-13(12-9-24-10-12)26-18(17(14)30-11)20(21,22)23;1-2-7(9)8-5-3-4-6-8;/h2-3,8,11-12,24H,4-7,9-10H2,1H3,(H,25,27);2H,1,3-6H2;1H/t11-;;/m1../s1. The molecule has 0 aliphatic carbocycles. The zero-order valence-electron chi connectivity index (χ0n) is 21.9. The van der Waals surface area contributed by atoms with Gasteiger partial charge in [-0.1, -0.05) is 6.58 Å². The molecule has 0 spiro atoms. The lowest BCUT2D eigenvalue weighted by atomic mass is 9.97. The van der Waals surface area contributed by atoms with E-state index in [1.807, 2.05) is 11.0 Å². The predicted octanol–water partition coefficient (Wildman–Crippen LogP) is 4.26. The highest BCUT2D eigenvalue weighted by atomic mass is 19.4. The van der Waals surface area contributed by atoms with E-state index in [2.05, 4.69) is 32.1 Å². The lowest BCUT2D eigenvalue weighted by Gasteiger charge is -2.31. The first-order chi connectivity index (χ1) is 18.8. The van der Waals surface area contributed by atoms with Crippen molar-refractivity contribution in [3.63, 3.8) is 0 Å². The average molecular weight is 549 g/mol. The van der Waals surface area contributed by atoms with Crippen LogP contribution in [0.2, 0.25) is 0 Å². The van der Waals surface area contributed by atoms with Gasteiger partial charge in [-0.3, -0.25) is 4.79 Å². The molecule has 0 saturated carbocycles. The number of hydrogen-bond donors (Lipinski definition) is 2. The topological polar surface area (TPSA) is 91.8 Å². The van der Waals surface area contributed by atoms with Gasteiger partial charge in [0, 0.05) is 64.2 Å². The zero-order valence-corrected chi connectivity index (χ0v) is 21.9. The number of aromatic nitrogens is 2. The van der Waals surface area contributed by atoms with E-state index in [0.717, 1.165) is 37.2 Å². The monoisotopic (exact) mass is 548 g/mol. The Hall–Kier alpha value is -3.38. The molecule has 0 aromatic carbocycles. The van der Waals surface area contributed by atoms with Crippen molar-refractivity contribution in [1.82, 2.24) is 20.2 Å². The number of alkyl halides is 3. The Kier molecular flexibility index (Phi) is 7.94. The Morgan fingerprint density at radius 2 is 1.92 bits per heavy atom. The molecule has 2 aromatic rings. The van der Waals surface area contributed by atoms with Gasteiger partial charge in [0.25, 0.3) is 0 Å². The average Bonchev–Trinajstić information content (AvgIpc) is 3.39. The number of amides is 1. The van der Waals surface area contributed by atoms with E-state index < -0.39 is 18.0 Å². The number of rotatable bonds is 3. The van der Waals surface area contributed by atoms with Crippen LogP contribution in [0.5, 0.6) is 5.75 Å². The first kappa shape index (κ1) is 27.2. The normalized spacial score (nSPS) is 20.8. The van der Waals surface area contributed by atoms with Crippen LogP contribution in [0.3, 0.4) is 0 Å². The molecule has 4 aliphatic rings. The second-order valence-corrected chi connectivity index (χ2v) is 9.94. The largest absolute Gasteiger partial charge is 0.481 e. The van der Waals surface area contributed by atoms with Crippen molar-refractivity contribution in [3.05, 3.63) is 47.9 Å². The van der Waals surface area contributed by atoms with E-state index >= 15 is 0 Å². The first-order valence-electron chi connectivity index (χ1n) is 13.3. The Morgan fingerprint density at radius 3 is 2.54 bits per heavy atom. The van der Waals surface area contributed by atoms with E-state index in [9.17, 15) is 18.0 Å². The number of carbonyl (C=O) groups excluding carboxylic acids is 1. The van der Waals surface area contributed by atoms with Crippen molar-refractivity contribution >= 4 is 23.1 Å². The molecule has 6 heterocycles. The summed E-state index contributed by atoms with van der Waals surface area (Å²) < 4.78 is 53.0. The van der Waals surface area contributed by atoms with Crippen LogP contribution in [-0.2, 0) is 15.7 Å². The van der Waals surface area contributed by atoms with Gasteiger partial charge in [0.05, 0.1) is 24.5 Å². The van der Waals surface area contributed by atoms with Crippen molar-refractivity contribution < 1.29 is 28.9 Å². The number of fused-ring (bicyclic) bond motifs is 2. The Balaban J connectivity index is 0.000000317. The molecule has 12 heteroatoms. The number of carbonyl (C=O) groups is 1.